The largest absolute Gasteiger partial charge is 0.378 e. The Morgan fingerprint density at radius 1 is 1.59 bits per heavy atom. The molecule has 1 saturated heterocycles. The second-order valence-electron chi connectivity index (χ2n) is 4.64. The first kappa shape index (κ1) is 13.5. The smallest absolute Gasteiger partial charge is 0.0701 e. The standard InChI is InChI=1S/C13H20BrNOS/c1-3-11-10(6-7-16-11)8-15-9(2)12-4-5-13(14)17-12/h4-5,9-11,15H,3,6-8H2,1-2H3. The first-order valence-corrected chi connectivity index (χ1v) is 7.92. The second kappa shape index (κ2) is 6.32. The van der Waals surface area contributed by atoms with Crippen LogP contribution in [-0.4, -0.2) is 19.3 Å². The Hall–Kier alpha value is 0.1000. The Morgan fingerprint density at radius 2 is 2.41 bits per heavy atom. The molecule has 1 fully saturated rings. The number of hydrogen-bond acceptors (Lipinski definition) is 3. The van der Waals surface area contributed by atoms with Crippen LogP contribution in [0.4, 0.5) is 0 Å². The predicted molar refractivity (Wildman–Crippen MR) is 76.6 cm³/mol. The number of nitrogens with one attached hydrogen (secondary N) is 1. The molecular formula is C13H20BrNOS. The van der Waals surface area contributed by atoms with Gasteiger partial charge in [0.2, 0.25) is 0 Å². The minimum atomic E-state index is 0.435. The third-order valence-electron chi connectivity index (χ3n) is 3.46. The van der Waals surface area contributed by atoms with Gasteiger partial charge in [-0.1, -0.05) is 6.92 Å². The SMILES string of the molecule is CCC1OCCC1CNC(C)c1ccc(Br)s1. The van der Waals surface area contributed by atoms with Gasteiger partial charge in [-0.15, -0.1) is 11.3 Å². The van der Waals surface area contributed by atoms with Crippen molar-refractivity contribution in [1.29, 1.82) is 0 Å². The van der Waals surface area contributed by atoms with Crippen molar-refractivity contribution in [2.45, 2.75) is 38.8 Å². The Bertz CT molecular complexity index is 355. The fourth-order valence-electron chi connectivity index (χ4n) is 2.37. The molecule has 4 heteroatoms. The van der Waals surface area contributed by atoms with Gasteiger partial charge in [0.25, 0.3) is 0 Å². The van der Waals surface area contributed by atoms with Crippen LogP contribution in [0.3, 0.4) is 0 Å². The molecule has 0 aromatic carbocycles. The van der Waals surface area contributed by atoms with Gasteiger partial charge in [0.15, 0.2) is 0 Å². The average Bonchev–Trinajstić information content (AvgIpc) is 2.94. The van der Waals surface area contributed by atoms with Crippen LogP contribution in [0.2, 0.25) is 0 Å². The second-order valence-corrected chi connectivity index (χ2v) is 7.13. The third kappa shape index (κ3) is 3.53. The van der Waals surface area contributed by atoms with Gasteiger partial charge in [-0.2, -0.15) is 0 Å². The lowest BCUT2D eigenvalue weighted by Gasteiger charge is -2.20. The molecule has 1 aromatic heterocycles. The molecular weight excluding hydrogens is 298 g/mol. The summed E-state index contributed by atoms with van der Waals surface area (Å²) in [7, 11) is 0. The highest BCUT2D eigenvalue weighted by Crippen LogP contribution is 2.28. The first-order chi connectivity index (χ1) is 8.20. The Kier molecular flexibility index (Phi) is 5.03. The van der Waals surface area contributed by atoms with E-state index in [1.807, 2.05) is 11.3 Å². The lowest BCUT2D eigenvalue weighted by atomic mass is 9.99. The molecule has 3 unspecified atom stereocenters. The fraction of sp³-hybridized carbons (Fsp3) is 0.692. The van der Waals surface area contributed by atoms with Crippen LogP contribution in [0.1, 0.15) is 37.6 Å². The molecule has 2 nitrogen and oxygen atoms in total. The lowest BCUT2D eigenvalue weighted by molar-refractivity contribution is 0.0867. The van der Waals surface area contributed by atoms with E-state index in [2.05, 4.69) is 47.2 Å². The van der Waals surface area contributed by atoms with E-state index in [1.54, 1.807) is 0 Å². The summed E-state index contributed by atoms with van der Waals surface area (Å²) in [4.78, 5) is 1.39. The van der Waals surface area contributed by atoms with Crippen molar-refractivity contribution >= 4 is 27.3 Å². The highest BCUT2D eigenvalue weighted by Gasteiger charge is 2.26. The van der Waals surface area contributed by atoms with E-state index in [-0.39, 0.29) is 0 Å². The van der Waals surface area contributed by atoms with Crippen LogP contribution in [-0.2, 0) is 4.74 Å². The van der Waals surface area contributed by atoms with Crippen LogP contribution in [0, 0.1) is 5.92 Å². The van der Waals surface area contributed by atoms with E-state index in [4.69, 9.17) is 4.74 Å². The van der Waals surface area contributed by atoms with Crippen LogP contribution in [0.15, 0.2) is 15.9 Å². The van der Waals surface area contributed by atoms with E-state index < -0.39 is 0 Å². The third-order valence-corrected chi connectivity index (χ3v) is 5.26. The summed E-state index contributed by atoms with van der Waals surface area (Å²) >= 11 is 5.32. The molecule has 1 aliphatic heterocycles. The molecule has 2 rings (SSSR count). The maximum Gasteiger partial charge on any atom is 0.0701 e. The van der Waals surface area contributed by atoms with E-state index in [0.29, 0.717) is 18.1 Å². The zero-order chi connectivity index (χ0) is 12.3. The molecule has 1 aromatic rings. The van der Waals surface area contributed by atoms with Gasteiger partial charge in [-0.3, -0.25) is 0 Å². The molecule has 0 aliphatic carbocycles. The molecule has 1 aliphatic rings. The summed E-state index contributed by atoms with van der Waals surface area (Å²) in [6.45, 7) is 6.44. The molecule has 0 radical (unpaired) electrons. The topological polar surface area (TPSA) is 21.3 Å². The quantitative estimate of drug-likeness (QED) is 0.887. The maximum atomic E-state index is 5.71. The minimum Gasteiger partial charge on any atom is -0.378 e. The van der Waals surface area contributed by atoms with Crippen molar-refractivity contribution in [2.75, 3.05) is 13.2 Å². The van der Waals surface area contributed by atoms with Gasteiger partial charge in [0.1, 0.15) is 0 Å². The number of halogens is 1. The highest BCUT2D eigenvalue weighted by molar-refractivity contribution is 9.11. The van der Waals surface area contributed by atoms with E-state index in [1.165, 1.54) is 15.1 Å². The van der Waals surface area contributed by atoms with Gasteiger partial charge in [0, 0.05) is 24.1 Å². The molecule has 17 heavy (non-hydrogen) atoms. The van der Waals surface area contributed by atoms with E-state index in [9.17, 15) is 0 Å². The molecule has 0 spiro atoms. The van der Waals surface area contributed by atoms with E-state index >= 15 is 0 Å². The van der Waals surface area contributed by atoms with Crippen molar-refractivity contribution in [3.63, 3.8) is 0 Å². The molecule has 0 saturated carbocycles. The van der Waals surface area contributed by atoms with Gasteiger partial charge in [0.05, 0.1) is 9.89 Å². The van der Waals surface area contributed by atoms with Crippen molar-refractivity contribution < 1.29 is 4.74 Å². The molecule has 96 valence electrons. The summed E-state index contributed by atoms with van der Waals surface area (Å²) in [6.07, 6.45) is 2.79. The van der Waals surface area contributed by atoms with Crippen molar-refractivity contribution in [3.05, 3.63) is 20.8 Å². The summed E-state index contributed by atoms with van der Waals surface area (Å²) in [5.41, 5.74) is 0. The first-order valence-electron chi connectivity index (χ1n) is 6.31. The van der Waals surface area contributed by atoms with Gasteiger partial charge < -0.3 is 10.1 Å². The van der Waals surface area contributed by atoms with Gasteiger partial charge >= 0.3 is 0 Å². The highest BCUT2D eigenvalue weighted by atomic mass is 79.9. The van der Waals surface area contributed by atoms with Gasteiger partial charge in [-0.25, -0.2) is 0 Å². The maximum absolute atomic E-state index is 5.71. The zero-order valence-electron chi connectivity index (χ0n) is 10.4. The van der Waals surface area contributed by atoms with Crippen molar-refractivity contribution in [1.82, 2.24) is 5.32 Å². The van der Waals surface area contributed by atoms with Gasteiger partial charge in [-0.05, 0) is 53.7 Å². The summed E-state index contributed by atoms with van der Waals surface area (Å²) in [5.74, 6) is 0.686. The molecule has 0 amide bonds. The predicted octanol–water partition coefficient (Wildman–Crippen LogP) is 3.98. The minimum absolute atomic E-state index is 0.435. The number of hydrogen-bond donors (Lipinski definition) is 1. The summed E-state index contributed by atoms with van der Waals surface area (Å²) in [5, 5.41) is 3.63. The Labute approximate surface area is 116 Å². The molecule has 2 heterocycles. The van der Waals surface area contributed by atoms with E-state index in [0.717, 1.165) is 19.6 Å². The summed E-state index contributed by atoms with van der Waals surface area (Å²) in [6, 6.07) is 4.74. The monoisotopic (exact) mass is 317 g/mol. The normalized spacial score (nSPS) is 26.3. The molecule has 3 atom stereocenters. The molecule has 0 bridgehead atoms. The summed E-state index contributed by atoms with van der Waals surface area (Å²) < 4.78 is 6.92. The number of ether oxygens (including phenoxy) is 1. The van der Waals surface area contributed by atoms with Crippen molar-refractivity contribution in [3.8, 4) is 0 Å². The number of thiophene rings is 1. The average molecular weight is 318 g/mol. The Morgan fingerprint density at radius 3 is 3.06 bits per heavy atom. The van der Waals surface area contributed by atoms with Crippen LogP contribution < -0.4 is 5.32 Å². The van der Waals surface area contributed by atoms with Crippen LogP contribution >= 0.6 is 27.3 Å². The molecule has 1 N–H and O–H groups in total. The van der Waals surface area contributed by atoms with Crippen LogP contribution in [0.25, 0.3) is 0 Å². The zero-order valence-corrected chi connectivity index (χ0v) is 12.8. The fourth-order valence-corrected chi connectivity index (χ4v) is 3.82. The Balaban J connectivity index is 1.81. The lowest BCUT2D eigenvalue weighted by Crippen LogP contribution is -2.29. The number of rotatable bonds is 5. The van der Waals surface area contributed by atoms with Crippen molar-refractivity contribution in [2.24, 2.45) is 5.92 Å². The van der Waals surface area contributed by atoms with Crippen LogP contribution in [0.5, 0.6) is 0 Å².